The smallest absolute Gasteiger partial charge is 0.321 e. The van der Waals surface area contributed by atoms with Crippen molar-refractivity contribution in [2.45, 2.75) is 43.0 Å². The van der Waals surface area contributed by atoms with Gasteiger partial charge in [0.1, 0.15) is 5.41 Å². The zero-order valence-electron chi connectivity index (χ0n) is 17.6. The monoisotopic (exact) mass is 415 g/mol. The van der Waals surface area contributed by atoms with Crippen LogP contribution in [0.15, 0.2) is 73.1 Å². The summed E-state index contributed by atoms with van der Waals surface area (Å²) in [7, 11) is 1.38. The van der Waals surface area contributed by atoms with Crippen molar-refractivity contribution >= 4 is 5.97 Å². The molecule has 1 saturated heterocycles. The van der Waals surface area contributed by atoms with Crippen LogP contribution in [0, 0.1) is 0 Å². The Morgan fingerprint density at radius 3 is 2.32 bits per heavy atom. The molecule has 31 heavy (non-hydrogen) atoms. The number of aromatic nitrogens is 2. The van der Waals surface area contributed by atoms with E-state index in [4.69, 9.17) is 4.74 Å². The van der Waals surface area contributed by atoms with Gasteiger partial charge in [-0.3, -0.25) is 19.7 Å². The van der Waals surface area contributed by atoms with Crippen LogP contribution in [0.1, 0.15) is 47.9 Å². The lowest BCUT2D eigenvalue weighted by Gasteiger charge is -2.61. The summed E-state index contributed by atoms with van der Waals surface area (Å²) in [5, 5.41) is 12.1. The van der Waals surface area contributed by atoms with E-state index >= 15 is 0 Å². The van der Waals surface area contributed by atoms with Gasteiger partial charge in [0.2, 0.25) is 0 Å². The highest BCUT2D eigenvalue weighted by atomic mass is 16.5. The fourth-order valence-corrected chi connectivity index (χ4v) is 5.64. The third kappa shape index (κ3) is 2.75. The van der Waals surface area contributed by atoms with Crippen molar-refractivity contribution < 1.29 is 14.6 Å². The molecule has 6 heteroatoms. The number of pyridine rings is 2. The Morgan fingerprint density at radius 1 is 1.03 bits per heavy atom. The van der Waals surface area contributed by atoms with E-state index in [0.29, 0.717) is 13.0 Å². The topological polar surface area (TPSA) is 75.5 Å². The van der Waals surface area contributed by atoms with Crippen molar-refractivity contribution in [3.8, 4) is 0 Å². The second-order valence-corrected chi connectivity index (χ2v) is 8.53. The highest BCUT2D eigenvalue weighted by Gasteiger charge is 2.69. The molecule has 0 spiro atoms. The van der Waals surface area contributed by atoms with Crippen molar-refractivity contribution in [1.29, 1.82) is 0 Å². The number of rotatable bonds is 3. The van der Waals surface area contributed by atoms with Gasteiger partial charge in [-0.25, -0.2) is 0 Å². The van der Waals surface area contributed by atoms with Crippen LogP contribution in [-0.4, -0.2) is 38.7 Å². The summed E-state index contributed by atoms with van der Waals surface area (Å²) in [6.07, 6.45) is 3.83. The van der Waals surface area contributed by atoms with Crippen molar-refractivity contribution in [2.24, 2.45) is 0 Å². The van der Waals surface area contributed by atoms with Crippen molar-refractivity contribution in [2.75, 3.05) is 7.11 Å². The highest BCUT2D eigenvalue weighted by Crippen LogP contribution is 2.61. The van der Waals surface area contributed by atoms with Gasteiger partial charge in [0.15, 0.2) is 0 Å². The number of carbonyl (C=O) groups is 1. The normalized spacial score (nSPS) is 31.5. The van der Waals surface area contributed by atoms with Gasteiger partial charge >= 0.3 is 5.97 Å². The molecule has 1 aromatic carbocycles. The van der Waals surface area contributed by atoms with E-state index in [1.165, 1.54) is 7.11 Å². The molecule has 6 nitrogen and oxygen atoms in total. The average molecular weight is 415 g/mol. The number of ether oxygens (including phenoxy) is 1. The van der Waals surface area contributed by atoms with Crippen molar-refractivity contribution in [3.63, 3.8) is 0 Å². The van der Waals surface area contributed by atoms with Crippen molar-refractivity contribution in [1.82, 2.24) is 14.9 Å². The Hall–Kier alpha value is -3.09. The number of hydrogen-bond acceptors (Lipinski definition) is 6. The molecule has 2 bridgehead atoms. The number of piperidine rings is 1. The maximum Gasteiger partial charge on any atom is 0.321 e. The molecule has 4 heterocycles. The van der Waals surface area contributed by atoms with E-state index in [-0.39, 0.29) is 6.04 Å². The van der Waals surface area contributed by atoms with Crippen LogP contribution < -0.4 is 0 Å². The van der Waals surface area contributed by atoms with Crippen LogP contribution in [0.3, 0.4) is 0 Å². The number of hydrogen-bond donors (Lipinski definition) is 1. The predicted octanol–water partition coefficient (Wildman–Crippen LogP) is 3.34. The Labute approximate surface area is 181 Å². The number of esters is 1. The van der Waals surface area contributed by atoms with Crippen LogP contribution in [0.4, 0.5) is 0 Å². The molecule has 0 amide bonds. The van der Waals surface area contributed by atoms with E-state index in [1.807, 2.05) is 60.7 Å². The van der Waals surface area contributed by atoms with E-state index in [1.54, 1.807) is 19.3 Å². The summed E-state index contributed by atoms with van der Waals surface area (Å²) in [6.45, 7) is 2.36. The average Bonchev–Trinajstić information content (AvgIpc) is 2.81. The third-order valence-electron chi connectivity index (χ3n) is 6.88. The van der Waals surface area contributed by atoms with Crippen LogP contribution >= 0.6 is 0 Å². The van der Waals surface area contributed by atoms with Gasteiger partial charge in [-0.2, -0.15) is 0 Å². The second-order valence-electron chi connectivity index (χ2n) is 8.53. The molecule has 5 rings (SSSR count). The number of fused-ring (bicyclic) bond motifs is 4. The molecule has 0 saturated carbocycles. The molecule has 2 aliphatic rings. The fourth-order valence-electron chi connectivity index (χ4n) is 5.64. The minimum atomic E-state index is -1.41. The molecule has 2 unspecified atom stereocenters. The minimum Gasteiger partial charge on any atom is -0.468 e. The van der Waals surface area contributed by atoms with E-state index < -0.39 is 23.0 Å². The van der Waals surface area contributed by atoms with Crippen LogP contribution in [0.5, 0.6) is 0 Å². The van der Waals surface area contributed by atoms with Gasteiger partial charge in [0.25, 0.3) is 0 Å². The predicted molar refractivity (Wildman–Crippen MR) is 115 cm³/mol. The lowest BCUT2D eigenvalue weighted by atomic mass is 9.54. The molecule has 158 valence electrons. The lowest BCUT2D eigenvalue weighted by molar-refractivity contribution is -0.189. The minimum absolute atomic E-state index is 0.186. The van der Waals surface area contributed by atoms with Gasteiger partial charge in [-0.05, 0) is 48.7 Å². The fraction of sp³-hybridized carbons (Fsp3) is 0.320. The third-order valence-corrected chi connectivity index (χ3v) is 6.88. The molecule has 2 aliphatic heterocycles. The summed E-state index contributed by atoms with van der Waals surface area (Å²) in [5.74, 6) is -0.454. The molecule has 0 aliphatic carbocycles. The summed E-state index contributed by atoms with van der Waals surface area (Å²) < 4.78 is 5.38. The molecule has 0 radical (unpaired) electrons. The zero-order chi connectivity index (χ0) is 21.6. The zero-order valence-corrected chi connectivity index (χ0v) is 17.6. The van der Waals surface area contributed by atoms with Gasteiger partial charge in [0.05, 0.1) is 36.2 Å². The summed E-state index contributed by atoms with van der Waals surface area (Å²) in [5.41, 5.74) is 0.664. The van der Waals surface area contributed by atoms with E-state index in [0.717, 1.165) is 22.5 Å². The number of nitrogens with zero attached hydrogens (tertiary/aromatic N) is 3. The quantitative estimate of drug-likeness (QED) is 0.662. The van der Waals surface area contributed by atoms with Gasteiger partial charge < -0.3 is 9.84 Å². The molecule has 1 N–H and O–H groups in total. The van der Waals surface area contributed by atoms with Crippen LogP contribution in [0.2, 0.25) is 0 Å². The number of benzene rings is 1. The maximum atomic E-state index is 13.7. The van der Waals surface area contributed by atoms with Crippen molar-refractivity contribution in [3.05, 3.63) is 95.6 Å². The Kier molecular flexibility index (Phi) is 4.64. The van der Waals surface area contributed by atoms with Crippen LogP contribution in [0.25, 0.3) is 0 Å². The van der Waals surface area contributed by atoms with Gasteiger partial charge in [-0.15, -0.1) is 0 Å². The highest BCUT2D eigenvalue weighted by molar-refractivity contribution is 5.88. The number of carbonyl (C=O) groups excluding carboxylic acids is 1. The molecule has 2 aromatic heterocycles. The molecular formula is C25H25N3O3. The number of aliphatic hydroxyl groups is 1. The molecular weight excluding hydrogens is 390 g/mol. The first kappa shape index (κ1) is 19.8. The largest absolute Gasteiger partial charge is 0.468 e. The lowest BCUT2D eigenvalue weighted by Crippen LogP contribution is -2.69. The first-order chi connectivity index (χ1) is 15.0. The molecule has 1 fully saturated rings. The molecule has 3 aromatic rings. The number of methoxy groups -OCH3 is 1. The van der Waals surface area contributed by atoms with Crippen LogP contribution in [-0.2, 0) is 21.5 Å². The first-order valence-electron chi connectivity index (χ1n) is 10.5. The SMILES string of the molecule is COC(=O)[C@]12c3ccccc3CN(C1c1ccccn1)[C@@H](c1ccccn1)C[C@@]2(C)O. The summed E-state index contributed by atoms with van der Waals surface area (Å²) >= 11 is 0. The van der Waals surface area contributed by atoms with Gasteiger partial charge in [0, 0.05) is 18.9 Å². The molecule has 5 atom stereocenters. The standard InChI is InChI=1S/C25H25N3O3/c1-24(30)15-21(19-11-5-7-13-26-19)28-16-17-9-3-4-10-18(17)25(24,23(29)31-2)22(28)20-12-6-8-14-27-20/h3-14,21-22,30H,15-16H2,1-2H3/t21-,22?,24-,25+/m1/s1. The van der Waals surface area contributed by atoms with E-state index in [2.05, 4.69) is 14.9 Å². The van der Waals surface area contributed by atoms with Gasteiger partial charge in [-0.1, -0.05) is 36.4 Å². The Morgan fingerprint density at radius 2 is 1.68 bits per heavy atom. The first-order valence-corrected chi connectivity index (χ1v) is 10.5. The maximum absolute atomic E-state index is 13.7. The van der Waals surface area contributed by atoms with E-state index in [9.17, 15) is 9.90 Å². The Bertz CT molecular complexity index is 1100. The second kappa shape index (κ2) is 7.25. The summed E-state index contributed by atoms with van der Waals surface area (Å²) in [4.78, 5) is 25.1. The summed E-state index contributed by atoms with van der Waals surface area (Å²) in [6, 6.07) is 18.6. The Balaban J connectivity index is 1.84.